The van der Waals surface area contributed by atoms with Crippen molar-refractivity contribution in [1.82, 2.24) is 9.55 Å². The van der Waals surface area contributed by atoms with Crippen molar-refractivity contribution in [1.29, 1.82) is 0 Å². The molecule has 0 fully saturated rings. The Morgan fingerprint density at radius 1 is 1.17 bits per heavy atom. The number of aryl methyl sites for hydroxylation is 1. The standard InChI is InChI=1S/C20H24N2O2/c1-3-7-19(23)20-21-17-10-4-5-11-18(17)22(20)12-13-24-16-9-6-8-15(2)14-16/h4-6,8-11,14,19,23H,3,7,12-13H2,1-2H3/t19-/m0/s1. The second kappa shape index (κ2) is 7.49. The molecule has 0 unspecified atom stereocenters. The Labute approximate surface area is 142 Å². The second-order valence-corrected chi connectivity index (χ2v) is 6.08. The molecule has 0 amide bonds. The summed E-state index contributed by atoms with van der Waals surface area (Å²) >= 11 is 0. The molecule has 3 aromatic rings. The average Bonchev–Trinajstić information content (AvgIpc) is 2.94. The van der Waals surface area contributed by atoms with Gasteiger partial charge in [-0.2, -0.15) is 0 Å². The number of hydrogen-bond acceptors (Lipinski definition) is 3. The van der Waals surface area contributed by atoms with Crippen LogP contribution < -0.4 is 4.74 Å². The van der Waals surface area contributed by atoms with E-state index in [0.717, 1.165) is 29.0 Å². The predicted molar refractivity (Wildman–Crippen MR) is 96.3 cm³/mol. The van der Waals surface area contributed by atoms with Gasteiger partial charge in [0, 0.05) is 0 Å². The molecule has 24 heavy (non-hydrogen) atoms. The summed E-state index contributed by atoms with van der Waals surface area (Å²) < 4.78 is 7.95. The molecular formula is C20H24N2O2. The highest BCUT2D eigenvalue weighted by atomic mass is 16.5. The third-order valence-electron chi connectivity index (χ3n) is 4.12. The summed E-state index contributed by atoms with van der Waals surface area (Å²) in [6, 6.07) is 16.0. The number of aliphatic hydroxyl groups is 1. The summed E-state index contributed by atoms with van der Waals surface area (Å²) in [5.41, 5.74) is 3.13. The summed E-state index contributed by atoms with van der Waals surface area (Å²) in [7, 11) is 0. The lowest BCUT2D eigenvalue weighted by atomic mass is 10.2. The third kappa shape index (κ3) is 3.60. The van der Waals surface area contributed by atoms with Crippen molar-refractivity contribution in [3.8, 4) is 5.75 Å². The van der Waals surface area contributed by atoms with Gasteiger partial charge in [-0.05, 0) is 43.2 Å². The largest absolute Gasteiger partial charge is 0.492 e. The van der Waals surface area contributed by atoms with E-state index in [0.29, 0.717) is 19.6 Å². The van der Waals surface area contributed by atoms with Crippen molar-refractivity contribution in [2.24, 2.45) is 0 Å². The van der Waals surface area contributed by atoms with E-state index >= 15 is 0 Å². The highest BCUT2D eigenvalue weighted by molar-refractivity contribution is 5.76. The molecule has 3 rings (SSSR count). The molecule has 0 aliphatic rings. The molecule has 1 atom stereocenters. The van der Waals surface area contributed by atoms with Gasteiger partial charge in [0.15, 0.2) is 0 Å². The Kier molecular flexibility index (Phi) is 5.16. The minimum absolute atomic E-state index is 0.537. The zero-order valence-corrected chi connectivity index (χ0v) is 14.3. The summed E-state index contributed by atoms with van der Waals surface area (Å²) in [5.74, 6) is 1.60. The maximum Gasteiger partial charge on any atom is 0.138 e. The summed E-state index contributed by atoms with van der Waals surface area (Å²) in [5, 5.41) is 10.4. The molecule has 1 aromatic heterocycles. The van der Waals surface area contributed by atoms with Crippen LogP contribution in [0.3, 0.4) is 0 Å². The summed E-state index contributed by atoms with van der Waals surface area (Å²) in [6.07, 6.45) is 1.09. The molecular weight excluding hydrogens is 300 g/mol. The lowest BCUT2D eigenvalue weighted by molar-refractivity contribution is 0.151. The van der Waals surface area contributed by atoms with E-state index in [-0.39, 0.29) is 0 Å². The van der Waals surface area contributed by atoms with E-state index in [4.69, 9.17) is 4.74 Å². The van der Waals surface area contributed by atoms with Crippen molar-refractivity contribution in [2.75, 3.05) is 6.61 Å². The molecule has 2 aromatic carbocycles. The lowest BCUT2D eigenvalue weighted by Crippen LogP contribution is -2.14. The lowest BCUT2D eigenvalue weighted by Gasteiger charge is -2.14. The Bertz CT molecular complexity index is 810. The maximum atomic E-state index is 10.4. The second-order valence-electron chi connectivity index (χ2n) is 6.08. The molecule has 4 nitrogen and oxygen atoms in total. The molecule has 0 saturated carbocycles. The Hall–Kier alpha value is -2.33. The van der Waals surface area contributed by atoms with E-state index in [1.807, 2.05) is 42.5 Å². The van der Waals surface area contributed by atoms with Crippen LogP contribution in [-0.4, -0.2) is 21.3 Å². The van der Waals surface area contributed by atoms with Crippen LogP contribution in [0.5, 0.6) is 5.75 Å². The van der Waals surface area contributed by atoms with Crippen molar-refractivity contribution in [3.63, 3.8) is 0 Å². The van der Waals surface area contributed by atoms with Crippen LogP contribution >= 0.6 is 0 Å². The quantitative estimate of drug-likeness (QED) is 0.706. The average molecular weight is 324 g/mol. The number of imidazole rings is 1. The smallest absolute Gasteiger partial charge is 0.138 e. The minimum atomic E-state index is -0.540. The van der Waals surface area contributed by atoms with Gasteiger partial charge in [0.2, 0.25) is 0 Å². The van der Waals surface area contributed by atoms with Crippen molar-refractivity contribution in [3.05, 3.63) is 59.9 Å². The molecule has 0 bridgehead atoms. The molecule has 0 spiro atoms. The highest BCUT2D eigenvalue weighted by Gasteiger charge is 2.17. The fraction of sp³-hybridized carbons (Fsp3) is 0.350. The molecule has 0 radical (unpaired) electrons. The third-order valence-corrected chi connectivity index (χ3v) is 4.12. The van der Waals surface area contributed by atoms with E-state index in [9.17, 15) is 5.11 Å². The number of nitrogens with zero attached hydrogens (tertiary/aromatic N) is 2. The van der Waals surface area contributed by atoms with Crippen molar-refractivity contribution >= 4 is 11.0 Å². The number of para-hydroxylation sites is 2. The number of aromatic nitrogens is 2. The van der Waals surface area contributed by atoms with E-state index in [1.165, 1.54) is 5.56 Å². The molecule has 126 valence electrons. The van der Waals surface area contributed by atoms with Crippen LogP contribution in [0, 0.1) is 6.92 Å². The van der Waals surface area contributed by atoms with Crippen LogP contribution in [0.25, 0.3) is 11.0 Å². The van der Waals surface area contributed by atoms with E-state index in [2.05, 4.69) is 29.5 Å². The van der Waals surface area contributed by atoms with Gasteiger partial charge in [-0.15, -0.1) is 0 Å². The van der Waals surface area contributed by atoms with Crippen LogP contribution in [-0.2, 0) is 6.54 Å². The number of fused-ring (bicyclic) bond motifs is 1. The minimum Gasteiger partial charge on any atom is -0.492 e. The zero-order valence-electron chi connectivity index (χ0n) is 14.3. The first-order valence-corrected chi connectivity index (χ1v) is 8.51. The summed E-state index contributed by atoms with van der Waals surface area (Å²) in [6.45, 7) is 5.31. The molecule has 4 heteroatoms. The van der Waals surface area contributed by atoms with Crippen LogP contribution in [0.15, 0.2) is 48.5 Å². The number of rotatable bonds is 7. The number of ether oxygens (including phenoxy) is 1. The van der Waals surface area contributed by atoms with Crippen molar-refractivity contribution in [2.45, 2.75) is 39.3 Å². The van der Waals surface area contributed by atoms with E-state index in [1.54, 1.807) is 0 Å². The normalized spacial score (nSPS) is 12.5. The van der Waals surface area contributed by atoms with Gasteiger partial charge in [-0.25, -0.2) is 4.98 Å². The molecule has 1 N–H and O–H groups in total. The maximum absolute atomic E-state index is 10.4. The predicted octanol–water partition coefficient (Wildman–Crippen LogP) is 4.26. The molecule has 0 saturated heterocycles. The first-order chi connectivity index (χ1) is 11.7. The zero-order chi connectivity index (χ0) is 16.9. The van der Waals surface area contributed by atoms with Gasteiger partial charge >= 0.3 is 0 Å². The molecule has 1 heterocycles. The van der Waals surface area contributed by atoms with Gasteiger partial charge in [-0.1, -0.05) is 37.6 Å². The number of aliphatic hydroxyl groups excluding tert-OH is 1. The van der Waals surface area contributed by atoms with Crippen LogP contribution in [0.4, 0.5) is 0 Å². The van der Waals surface area contributed by atoms with E-state index < -0.39 is 6.10 Å². The van der Waals surface area contributed by atoms with Gasteiger partial charge in [-0.3, -0.25) is 0 Å². The van der Waals surface area contributed by atoms with Crippen molar-refractivity contribution < 1.29 is 9.84 Å². The summed E-state index contributed by atoms with van der Waals surface area (Å²) in [4.78, 5) is 4.63. The first-order valence-electron chi connectivity index (χ1n) is 8.51. The highest BCUT2D eigenvalue weighted by Crippen LogP contribution is 2.23. The Morgan fingerprint density at radius 3 is 2.79 bits per heavy atom. The van der Waals surface area contributed by atoms with Gasteiger partial charge in [0.05, 0.1) is 17.6 Å². The van der Waals surface area contributed by atoms with Gasteiger partial charge in [0.25, 0.3) is 0 Å². The fourth-order valence-corrected chi connectivity index (χ4v) is 2.95. The van der Waals surface area contributed by atoms with Crippen LogP contribution in [0.1, 0.15) is 37.3 Å². The van der Waals surface area contributed by atoms with Gasteiger partial charge < -0.3 is 14.4 Å². The number of benzene rings is 2. The topological polar surface area (TPSA) is 47.3 Å². The molecule has 0 aliphatic carbocycles. The van der Waals surface area contributed by atoms with Crippen LogP contribution in [0.2, 0.25) is 0 Å². The molecule has 0 aliphatic heterocycles. The Balaban J connectivity index is 1.80. The Morgan fingerprint density at radius 2 is 2.00 bits per heavy atom. The first kappa shape index (κ1) is 16.5. The van der Waals surface area contributed by atoms with Gasteiger partial charge in [0.1, 0.15) is 24.3 Å². The monoisotopic (exact) mass is 324 g/mol. The number of hydrogen-bond donors (Lipinski definition) is 1. The SMILES string of the molecule is CCC[C@H](O)c1nc2ccccc2n1CCOc1cccc(C)c1. The fourth-order valence-electron chi connectivity index (χ4n) is 2.95.